The van der Waals surface area contributed by atoms with Gasteiger partial charge in [0.25, 0.3) is 0 Å². The van der Waals surface area contributed by atoms with E-state index in [0.29, 0.717) is 18.0 Å². The van der Waals surface area contributed by atoms with Gasteiger partial charge in [-0.1, -0.05) is 12.1 Å². The lowest BCUT2D eigenvalue weighted by Gasteiger charge is -2.07. The minimum absolute atomic E-state index is 0.185. The largest absolute Gasteiger partial charge is 0.492 e. The van der Waals surface area contributed by atoms with Crippen molar-refractivity contribution >= 4 is 35.1 Å². The fourth-order valence-electron chi connectivity index (χ4n) is 2.01. The van der Waals surface area contributed by atoms with Gasteiger partial charge in [-0.2, -0.15) is 0 Å². The SMILES string of the molecule is CCOc1ccc(/C=C\C(=O)Nc2cccc(SC)c2)cc1N. The Balaban J connectivity index is 2.01. The van der Waals surface area contributed by atoms with Gasteiger partial charge in [-0.15, -0.1) is 11.8 Å². The third kappa shape index (κ3) is 5.07. The molecule has 0 aliphatic heterocycles. The van der Waals surface area contributed by atoms with Gasteiger partial charge in [-0.05, 0) is 55.2 Å². The van der Waals surface area contributed by atoms with E-state index in [9.17, 15) is 4.79 Å². The van der Waals surface area contributed by atoms with Crippen molar-refractivity contribution in [1.29, 1.82) is 0 Å². The second-order valence-electron chi connectivity index (χ2n) is 4.78. The highest BCUT2D eigenvalue weighted by Gasteiger charge is 2.01. The van der Waals surface area contributed by atoms with Crippen LogP contribution in [0.25, 0.3) is 6.08 Å². The lowest BCUT2D eigenvalue weighted by Crippen LogP contribution is -2.07. The lowest BCUT2D eigenvalue weighted by molar-refractivity contribution is -0.111. The van der Waals surface area contributed by atoms with Gasteiger partial charge >= 0.3 is 0 Å². The van der Waals surface area contributed by atoms with E-state index in [4.69, 9.17) is 10.5 Å². The Kier molecular flexibility index (Phi) is 6.11. The molecule has 0 aliphatic carbocycles. The number of hydrogen-bond donors (Lipinski definition) is 2. The van der Waals surface area contributed by atoms with Crippen molar-refractivity contribution in [3.05, 3.63) is 54.1 Å². The molecule has 2 aromatic carbocycles. The van der Waals surface area contributed by atoms with E-state index in [-0.39, 0.29) is 5.91 Å². The normalized spacial score (nSPS) is 10.7. The molecule has 23 heavy (non-hydrogen) atoms. The number of benzene rings is 2. The molecule has 1 amide bonds. The van der Waals surface area contributed by atoms with Crippen LogP contribution in [0.5, 0.6) is 5.75 Å². The number of hydrogen-bond acceptors (Lipinski definition) is 4. The van der Waals surface area contributed by atoms with Gasteiger partial charge in [-0.3, -0.25) is 4.79 Å². The maximum absolute atomic E-state index is 12.0. The molecular formula is C18H20N2O2S. The Morgan fingerprint density at radius 1 is 1.30 bits per heavy atom. The molecular weight excluding hydrogens is 308 g/mol. The average molecular weight is 328 g/mol. The van der Waals surface area contributed by atoms with E-state index >= 15 is 0 Å². The number of ether oxygens (including phenoxy) is 1. The van der Waals surface area contributed by atoms with Gasteiger partial charge in [0.05, 0.1) is 12.3 Å². The van der Waals surface area contributed by atoms with Crippen molar-refractivity contribution in [3.8, 4) is 5.75 Å². The summed E-state index contributed by atoms with van der Waals surface area (Å²) < 4.78 is 5.39. The van der Waals surface area contributed by atoms with Gasteiger partial charge in [0, 0.05) is 16.7 Å². The summed E-state index contributed by atoms with van der Waals surface area (Å²) >= 11 is 1.63. The Hall–Kier alpha value is -2.40. The van der Waals surface area contributed by atoms with Crippen LogP contribution in [0.3, 0.4) is 0 Å². The highest BCUT2D eigenvalue weighted by Crippen LogP contribution is 2.23. The van der Waals surface area contributed by atoms with Crippen LogP contribution < -0.4 is 15.8 Å². The number of nitrogens with two attached hydrogens (primary N) is 1. The first-order chi connectivity index (χ1) is 11.1. The molecule has 2 rings (SSSR count). The zero-order valence-corrected chi connectivity index (χ0v) is 14.0. The van der Waals surface area contributed by atoms with Crippen LogP contribution in [0, 0.1) is 0 Å². The minimum atomic E-state index is -0.185. The number of thioether (sulfide) groups is 1. The van der Waals surface area contributed by atoms with Crippen LogP contribution in [0.2, 0.25) is 0 Å². The second kappa shape index (κ2) is 8.29. The number of nitrogens with one attached hydrogen (secondary N) is 1. The summed E-state index contributed by atoms with van der Waals surface area (Å²) in [5.74, 6) is 0.471. The van der Waals surface area contributed by atoms with Crippen molar-refractivity contribution in [1.82, 2.24) is 0 Å². The fraction of sp³-hybridized carbons (Fsp3) is 0.167. The smallest absolute Gasteiger partial charge is 0.248 e. The molecule has 4 nitrogen and oxygen atoms in total. The van der Waals surface area contributed by atoms with E-state index in [0.717, 1.165) is 16.1 Å². The van der Waals surface area contributed by atoms with Gasteiger partial charge < -0.3 is 15.8 Å². The van der Waals surface area contributed by atoms with Gasteiger partial charge in [0.15, 0.2) is 0 Å². The van der Waals surface area contributed by atoms with E-state index < -0.39 is 0 Å². The van der Waals surface area contributed by atoms with Crippen LogP contribution in [0.15, 0.2) is 53.4 Å². The molecule has 120 valence electrons. The molecule has 0 saturated carbocycles. The monoisotopic (exact) mass is 328 g/mol. The topological polar surface area (TPSA) is 64.3 Å². The summed E-state index contributed by atoms with van der Waals surface area (Å²) in [6.07, 6.45) is 5.21. The molecule has 0 saturated heterocycles. The second-order valence-corrected chi connectivity index (χ2v) is 5.66. The first-order valence-electron chi connectivity index (χ1n) is 7.28. The van der Waals surface area contributed by atoms with Crippen molar-refractivity contribution in [2.24, 2.45) is 0 Å². The molecule has 0 bridgehead atoms. The van der Waals surface area contributed by atoms with Gasteiger partial charge in [0.1, 0.15) is 5.75 Å². The predicted octanol–water partition coefficient (Wildman–Crippen LogP) is 4.04. The third-order valence-electron chi connectivity index (χ3n) is 3.10. The number of nitrogen functional groups attached to an aromatic ring is 1. The summed E-state index contributed by atoms with van der Waals surface area (Å²) in [6, 6.07) is 13.2. The molecule has 0 spiro atoms. The highest BCUT2D eigenvalue weighted by atomic mass is 32.2. The maximum atomic E-state index is 12.0. The quantitative estimate of drug-likeness (QED) is 0.477. The molecule has 0 aromatic heterocycles. The Morgan fingerprint density at radius 3 is 2.83 bits per heavy atom. The molecule has 0 heterocycles. The number of carbonyl (C=O) groups is 1. The molecule has 0 fully saturated rings. The fourth-order valence-corrected chi connectivity index (χ4v) is 2.47. The van der Waals surface area contributed by atoms with Gasteiger partial charge in [-0.25, -0.2) is 0 Å². The first-order valence-corrected chi connectivity index (χ1v) is 8.50. The van der Waals surface area contributed by atoms with E-state index in [1.165, 1.54) is 6.08 Å². The summed E-state index contributed by atoms with van der Waals surface area (Å²) in [4.78, 5) is 13.1. The molecule has 0 atom stereocenters. The van der Waals surface area contributed by atoms with Crippen molar-refractivity contribution < 1.29 is 9.53 Å². The van der Waals surface area contributed by atoms with E-state index in [1.54, 1.807) is 30.0 Å². The van der Waals surface area contributed by atoms with Gasteiger partial charge in [0.2, 0.25) is 5.91 Å². The van der Waals surface area contributed by atoms with Crippen LogP contribution in [-0.2, 0) is 4.79 Å². The molecule has 5 heteroatoms. The Bertz CT molecular complexity index is 714. The average Bonchev–Trinajstić information content (AvgIpc) is 2.55. The minimum Gasteiger partial charge on any atom is -0.492 e. The lowest BCUT2D eigenvalue weighted by atomic mass is 10.1. The summed E-state index contributed by atoms with van der Waals surface area (Å²) in [7, 11) is 0. The molecule has 0 aliphatic rings. The molecule has 3 N–H and O–H groups in total. The van der Waals surface area contributed by atoms with Crippen LogP contribution in [-0.4, -0.2) is 18.8 Å². The Labute approximate surface area is 140 Å². The van der Waals surface area contributed by atoms with Crippen LogP contribution >= 0.6 is 11.8 Å². The standard InChI is InChI=1S/C18H20N2O2S/c1-3-22-17-9-7-13(11-16(17)19)8-10-18(21)20-14-5-4-6-15(12-14)23-2/h4-12H,3,19H2,1-2H3,(H,20,21)/b10-8-. The van der Waals surface area contributed by atoms with Crippen molar-refractivity contribution in [3.63, 3.8) is 0 Å². The number of amides is 1. The zero-order valence-electron chi connectivity index (χ0n) is 13.2. The molecule has 0 radical (unpaired) electrons. The third-order valence-corrected chi connectivity index (χ3v) is 3.82. The summed E-state index contributed by atoms with van der Waals surface area (Å²) in [5, 5.41) is 2.84. The number of rotatable bonds is 6. The zero-order chi connectivity index (χ0) is 16.7. The van der Waals surface area contributed by atoms with E-state index in [1.807, 2.05) is 43.5 Å². The molecule has 0 unspecified atom stereocenters. The van der Waals surface area contributed by atoms with Crippen LogP contribution in [0.4, 0.5) is 11.4 Å². The number of anilines is 2. The van der Waals surface area contributed by atoms with Crippen LogP contribution in [0.1, 0.15) is 12.5 Å². The summed E-state index contributed by atoms with van der Waals surface area (Å²) in [6.45, 7) is 2.47. The summed E-state index contributed by atoms with van der Waals surface area (Å²) in [5.41, 5.74) is 8.09. The molecule has 2 aromatic rings. The Morgan fingerprint density at radius 2 is 2.13 bits per heavy atom. The predicted molar refractivity (Wildman–Crippen MR) is 97.9 cm³/mol. The van der Waals surface area contributed by atoms with E-state index in [2.05, 4.69) is 5.32 Å². The van der Waals surface area contributed by atoms with Crippen molar-refractivity contribution in [2.45, 2.75) is 11.8 Å². The number of carbonyl (C=O) groups excluding carboxylic acids is 1. The van der Waals surface area contributed by atoms with Crippen molar-refractivity contribution in [2.75, 3.05) is 23.9 Å². The maximum Gasteiger partial charge on any atom is 0.248 e. The highest BCUT2D eigenvalue weighted by molar-refractivity contribution is 7.98. The first kappa shape index (κ1) is 17.0.